The Hall–Kier alpha value is -6.57. The Morgan fingerprint density at radius 3 is 1.12 bits per heavy atom. The molecule has 0 aliphatic carbocycles. The second kappa shape index (κ2) is 12.7. The number of halogens is 12. The van der Waals surface area contributed by atoms with Gasteiger partial charge in [0.05, 0.1) is 73.0 Å². The molecule has 294 valence electrons. The summed E-state index contributed by atoms with van der Waals surface area (Å²) in [4.78, 5) is 8.61. The first-order chi connectivity index (χ1) is 27.0. The van der Waals surface area contributed by atoms with Gasteiger partial charge in [-0.1, -0.05) is 24.3 Å². The number of alkyl halides is 12. The van der Waals surface area contributed by atoms with E-state index in [1.807, 2.05) is 6.07 Å². The monoisotopic (exact) mass is 811 g/mol. The quantitative estimate of drug-likeness (QED) is 0.167. The average molecular weight is 812 g/mol. The lowest BCUT2D eigenvalue weighted by molar-refractivity contribution is -0.138. The summed E-state index contributed by atoms with van der Waals surface area (Å²) in [5.41, 5.74) is -6.57. The van der Waals surface area contributed by atoms with Crippen LogP contribution in [0.25, 0.3) is 66.2 Å². The highest BCUT2D eigenvalue weighted by Gasteiger charge is 2.36. The number of nitrogens with zero attached hydrogens (tertiary/aromatic N) is 5. The van der Waals surface area contributed by atoms with E-state index in [0.29, 0.717) is 30.0 Å². The smallest absolute Gasteiger partial charge is 0.307 e. The van der Waals surface area contributed by atoms with Gasteiger partial charge in [-0.2, -0.15) is 57.9 Å². The van der Waals surface area contributed by atoms with Crippen LogP contribution in [0.15, 0.2) is 91.0 Å². The summed E-state index contributed by atoms with van der Waals surface area (Å²) in [6.07, 6.45) is -19.9. The third-order valence-corrected chi connectivity index (χ3v) is 9.80. The Morgan fingerprint density at radius 2 is 0.810 bits per heavy atom. The average Bonchev–Trinajstić information content (AvgIpc) is 3.63. The van der Waals surface area contributed by atoms with Gasteiger partial charge in [0, 0.05) is 32.8 Å². The van der Waals surface area contributed by atoms with Crippen LogP contribution in [-0.2, 0) is 24.7 Å². The molecule has 0 fully saturated rings. The second-order valence-corrected chi connectivity index (χ2v) is 13.5. The van der Waals surface area contributed by atoms with E-state index < -0.39 is 47.0 Å². The van der Waals surface area contributed by atoms with Gasteiger partial charge in [-0.25, -0.2) is 9.97 Å². The molecule has 0 aliphatic heterocycles. The lowest BCUT2D eigenvalue weighted by Crippen LogP contribution is -2.09. The minimum atomic E-state index is -4.96. The molecule has 0 unspecified atom stereocenters. The van der Waals surface area contributed by atoms with E-state index in [9.17, 15) is 57.9 Å². The molecule has 17 heteroatoms. The summed E-state index contributed by atoms with van der Waals surface area (Å²) in [5.74, 6) is 0.216. The molecule has 0 spiro atoms. The van der Waals surface area contributed by atoms with Crippen molar-refractivity contribution in [2.45, 2.75) is 38.6 Å². The zero-order chi connectivity index (χ0) is 41.9. The maximum absolute atomic E-state index is 14.3. The van der Waals surface area contributed by atoms with Gasteiger partial charge in [-0.05, 0) is 80.6 Å². The zero-order valence-electron chi connectivity index (χ0n) is 29.4. The molecular weight excluding hydrogens is 790 g/mol. The molecule has 0 atom stereocenters. The van der Waals surface area contributed by atoms with Crippen molar-refractivity contribution in [3.63, 3.8) is 0 Å². The molecule has 3 heterocycles. The molecule has 58 heavy (non-hydrogen) atoms. The summed E-state index contributed by atoms with van der Waals surface area (Å²) >= 11 is 0. The van der Waals surface area contributed by atoms with Crippen molar-refractivity contribution in [1.82, 2.24) is 19.1 Å². The maximum atomic E-state index is 14.3. The van der Waals surface area contributed by atoms with E-state index in [0.717, 1.165) is 63.7 Å². The topological polar surface area (TPSA) is 59.4 Å². The number of benzene rings is 5. The molecule has 0 N–H and O–H groups in total. The van der Waals surface area contributed by atoms with Gasteiger partial charge in [0.25, 0.3) is 0 Å². The highest BCUT2D eigenvalue weighted by atomic mass is 19.4. The molecule has 0 amide bonds. The SMILES string of the molecule is Cc1cc(-c2cc(-n3c4cc(C(F)(F)F)ccc4c4ccc(C(F)(F)F)cc43)c(-n3c4cc(C(F)(F)F)ccc4c4ccc(C(F)(F)F)cc43)cc2C#N)nc(C)n1. The number of aromatic nitrogens is 4. The number of fused-ring (bicyclic) bond motifs is 6. The first kappa shape index (κ1) is 38.3. The van der Waals surface area contributed by atoms with Crippen molar-refractivity contribution >= 4 is 43.6 Å². The predicted molar refractivity (Wildman–Crippen MR) is 190 cm³/mol. The third kappa shape index (κ3) is 6.32. The number of rotatable bonds is 3. The van der Waals surface area contributed by atoms with E-state index in [1.165, 1.54) is 19.1 Å². The summed E-state index contributed by atoms with van der Waals surface area (Å²) in [6.45, 7) is 3.12. The van der Waals surface area contributed by atoms with Crippen LogP contribution in [0.2, 0.25) is 0 Å². The van der Waals surface area contributed by atoms with E-state index in [2.05, 4.69) is 9.97 Å². The van der Waals surface area contributed by atoms with Crippen LogP contribution >= 0.6 is 0 Å². The third-order valence-electron chi connectivity index (χ3n) is 9.80. The van der Waals surface area contributed by atoms with Gasteiger partial charge in [-0.3, -0.25) is 0 Å². The molecule has 0 radical (unpaired) electrons. The van der Waals surface area contributed by atoms with Crippen molar-refractivity contribution < 1.29 is 52.7 Å². The van der Waals surface area contributed by atoms with Crippen molar-refractivity contribution in [1.29, 1.82) is 5.26 Å². The van der Waals surface area contributed by atoms with E-state index in [-0.39, 0.29) is 77.6 Å². The molecule has 0 bridgehead atoms. The maximum Gasteiger partial charge on any atom is 0.416 e. The molecule has 8 rings (SSSR count). The van der Waals surface area contributed by atoms with Crippen LogP contribution in [0, 0.1) is 25.2 Å². The molecule has 8 aromatic rings. The first-order valence-electron chi connectivity index (χ1n) is 16.9. The number of hydrogen-bond donors (Lipinski definition) is 0. The molecule has 3 aromatic heterocycles. The standard InChI is InChI=1S/C41H21F12N5/c1-19-11-31(56-20(2)55-19)30-17-37(58-34-15-24(40(48,49)50)5-9-28(34)29-10-6-25(16-35(29)58)41(51,52)53)36(12-21(30)18-54)57-32-13-22(38(42,43)44)3-7-26(32)27-8-4-23(14-33(27)57)39(45,46)47/h3-17H,1-2H3. The van der Waals surface area contributed by atoms with Crippen molar-refractivity contribution in [2.24, 2.45) is 0 Å². The van der Waals surface area contributed by atoms with Crippen LogP contribution in [0.3, 0.4) is 0 Å². The fourth-order valence-corrected chi connectivity index (χ4v) is 7.36. The molecular formula is C41H21F12N5. The lowest BCUT2D eigenvalue weighted by Gasteiger charge is -2.20. The van der Waals surface area contributed by atoms with E-state index in [1.54, 1.807) is 6.92 Å². The molecule has 0 saturated carbocycles. The van der Waals surface area contributed by atoms with Gasteiger partial charge < -0.3 is 9.13 Å². The van der Waals surface area contributed by atoms with E-state index >= 15 is 0 Å². The molecule has 0 saturated heterocycles. The largest absolute Gasteiger partial charge is 0.416 e. The van der Waals surface area contributed by atoms with Crippen LogP contribution in [0.5, 0.6) is 0 Å². The fraction of sp³-hybridized carbons (Fsp3) is 0.146. The van der Waals surface area contributed by atoms with Gasteiger partial charge >= 0.3 is 24.7 Å². The predicted octanol–water partition coefficient (Wildman–Crippen LogP) is 12.9. The highest BCUT2D eigenvalue weighted by molar-refractivity contribution is 6.12. The van der Waals surface area contributed by atoms with Crippen LogP contribution in [-0.4, -0.2) is 19.1 Å². The van der Waals surface area contributed by atoms with E-state index in [4.69, 9.17) is 0 Å². The Labute approximate surface area is 318 Å². The number of hydrogen-bond acceptors (Lipinski definition) is 3. The Morgan fingerprint density at radius 1 is 0.466 bits per heavy atom. The van der Waals surface area contributed by atoms with Crippen LogP contribution < -0.4 is 0 Å². The lowest BCUT2D eigenvalue weighted by atomic mass is 10.0. The van der Waals surface area contributed by atoms with Crippen molar-refractivity contribution in [3.8, 4) is 28.7 Å². The zero-order valence-corrected chi connectivity index (χ0v) is 29.4. The molecule has 0 aliphatic rings. The summed E-state index contributed by atoms with van der Waals surface area (Å²) in [5, 5.41) is 10.6. The van der Waals surface area contributed by atoms with Crippen LogP contribution in [0.4, 0.5) is 52.7 Å². The van der Waals surface area contributed by atoms with Crippen molar-refractivity contribution in [3.05, 3.63) is 130 Å². The first-order valence-corrected chi connectivity index (χ1v) is 16.9. The van der Waals surface area contributed by atoms with Gasteiger partial charge in [0.2, 0.25) is 0 Å². The molecule has 5 aromatic carbocycles. The highest BCUT2D eigenvalue weighted by Crippen LogP contribution is 2.45. The van der Waals surface area contributed by atoms with Gasteiger partial charge in [-0.15, -0.1) is 0 Å². The van der Waals surface area contributed by atoms with Crippen molar-refractivity contribution in [2.75, 3.05) is 0 Å². The van der Waals surface area contributed by atoms with Gasteiger partial charge in [0.15, 0.2) is 0 Å². The fourth-order valence-electron chi connectivity index (χ4n) is 7.36. The number of aryl methyl sites for hydroxylation is 2. The normalized spacial score (nSPS) is 13.0. The Bertz CT molecular complexity index is 2880. The second-order valence-electron chi connectivity index (χ2n) is 13.5. The Kier molecular flexibility index (Phi) is 8.40. The number of nitriles is 1. The minimum Gasteiger partial charge on any atom is -0.307 e. The Balaban J connectivity index is 1.64. The summed E-state index contributed by atoms with van der Waals surface area (Å²) < 4.78 is 173. The summed E-state index contributed by atoms with van der Waals surface area (Å²) in [7, 11) is 0. The minimum absolute atomic E-state index is 0.0171. The molecule has 5 nitrogen and oxygen atoms in total. The summed E-state index contributed by atoms with van der Waals surface area (Å²) in [6, 6.07) is 15.5. The van der Waals surface area contributed by atoms with Crippen LogP contribution in [0.1, 0.15) is 39.3 Å². The van der Waals surface area contributed by atoms with Gasteiger partial charge in [0.1, 0.15) is 5.82 Å².